The Morgan fingerprint density at radius 3 is 2.18 bits per heavy atom. The van der Waals surface area contributed by atoms with E-state index in [0.717, 1.165) is 0 Å². The molecule has 0 saturated carbocycles. The van der Waals surface area contributed by atoms with Gasteiger partial charge in [-0.1, -0.05) is 48.7 Å². The van der Waals surface area contributed by atoms with Crippen LogP contribution in [0.1, 0.15) is 13.8 Å². The van der Waals surface area contributed by atoms with Crippen LogP contribution in [-0.2, 0) is 4.79 Å². The van der Waals surface area contributed by atoms with Gasteiger partial charge in [-0.2, -0.15) is 0 Å². The molecule has 0 heterocycles. The summed E-state index contributed by atoms with van der Waals surface area (Å²) < 4.78 is 0. The molecule has 94 valence electrons. The maximum absolute atomic E-state index is 11.0. The van der Waals surface area contributed by atoms with Crippen molar-refractivity contribution in [2.45, 2.75) is 19.9 Å². The van der Waals surface area contributed by atoms with Crippen LogP contribution in [0.4, 0.5) is 5.69 Å². The summed E-state index contributed by atoms with van der Waals surface area (Å²) in [4.78, 5) is 11.0. The fourth-order valence-electron chi connectivity index (χ4n) is 1.31. The average Bonchev–Trinajstić information content (AvgIpc) is 2.20. The van der Waals surface area contributed by atoms with E-state index in [1.807, 2.05) is 0 Å². The van der Waals surface area contributed by atoms with Crippen LogP contribution < -0.4 is 5.32 Å². The van der Waals surface area contributed by atoms with Crippen molar-refractivity contribution in [3.05, 3.63) is 27.2 Å². The van der Waals surface area contributed by atoms with Gasteiger partial charge in [0, 0.05) is 0 Å². The highest BCUT2D eigenvalue weighted by molar-refractivity contribution is 6.44. The molecule has 1 atom stereocenters. The SMILES string of the molecule is CC(C)C(Nc1cc(Cl)c(Cl)cc1Cl)C(=O)O. The zero-order valence-electron chi connectivity index (χ0n) is 9.30. The Balaban J connectivity index is 3.01. The normalized spacial score (nSPS) is 12.6. The highest BCUT2D eigenvalue weighted by Crippen LogP contribution is 2.33. The van der Waals surface area contributed by atoms with Crippen molar-refractivity contribution in [2.75, 3.05) is 5.32 Å². The number of rotatable bonds is 4. The van der Waals surface area contributed by atoms with Gasteiger partial charge in [-0.05, 0) is 18.1 Å². The third-order valence-electron chi connectivity index (χ3n) is 2.25. The molecule has 3 nitrogen and oxygen atoms in total. The Labute approximate surface area is 115 Å². The van der Waals surface area contributed by atoms with E-state index >= 15 is 0 Å². The first kappa shape index (κ1) is 14.4. The third-order valence-corrected chi connectivity index (χ3v) is 3.29. The van der Waals surface area contributed by atoms with Crippen LogP contribution in [0.15, 0.2) is 12.1 Å². The molecule has 0 saturated heterocycles. The van der Waals surface area contributed by atoms with E-state index in [1.54, 1.807) is 13.8 Å². The Morgan fingerprint density at radius 2 is 1.71 bits per heavy atom. The van der Waals surface area contributed by atoms with Crippen molar-refractivity contribution in [2.24, 2.45) is 5.92 Å². The highest BCUT2D eigenvalue weighted by Gasteiger charge is 2.22. The second kappa shape index (κ2) is 5.80. The fraction of sp³-hybridized carbons (Fsp3) is 0.364. The molecule has 0 aliphatic carbocycles. The van der Waals surface area contributed by atoms with Crippen molar-refractivity contribution in [1.82, 2.24) is 0 Å². The van der Waals surface area contributed by atoms with Crippen molar-refractivity contribution in [3.63, 3.8) is 0 Å². The molecular weight excluding hydrogens is 284 g/mol. The van der Waals surface area contributed by atoms with Crippen LogP contribution in [0, 0.1) is 5.92 Å². The van der Waals surface area contributed by atoms with E-state index in [9.17, 15) is 4.79 Å². The van der Waals surface area contributed by atoms with Gasteiger partial charge in [0.1, 0.15) is 6.04 Å². The van der Waals surface area contributed by atoms with Crippen molar-refractivity contribution < 1.29 is 9.90 Å². The summed E-state index contributed by atoms with van der Waals surface area (Å²) in [6.45, 7) is 3.61. The molecule has 1 aromatic rings. The Kier molecular flexibility index (Phi) is 4.92. The molecule has 0 aromatic heterocycles. The maximum Gasteiger partial charge on any atom is 0.326 e. The number of carbonyl (C=O) groups is 1. The van der Waals surface area contributed by atoms with E-state index in [4.69, 9.17) is 39.9 Å². The zero-order chi connectivity index (χ0) is 13.2. The van der Waals surface area contributed by atoms with E-state index < -0.39 is 12.0 Å². The lowest BCUT2D eigenvalue weighted by Gasteiger charge is -2.20. The molecule has 0 aliphatic rings. The number of anilines is 1. The van der Waals surface area contributed by atoms with Gasteiger partial charge >= 0.3 is 5.97 Å². The molecule has 2 N–H and O–H groups in total. The van der Waals surface area contributed by atoms with Crippen LogP contribution in [0.2, 0.25) is 15.1 Å². The van der Waals surface area contributed by atoms with Crippen molar-refractivity contribution in [1.29, 1.82) is 0 Å². The summed E-state index contributed by atoms with van der Waals surface area (Å²) in [5.74, 6) is -1.03. The minimum atomic E-state index is -0.942. The van der Waals surface area contributed by atoms with Crippen molar-refractivity contribution in [3.8, 4) is 0 Å². The molecule has 6 heteroatoms. The Morgan fingerprint density at radius 1 is 1.18 bits per heavy atom. The molecule has 1 aromatic carbocycles. The Bertz CT molecular complexity index is 435. The largest absolute Gasteiger partial charge is 0.480 e. The van der Waals surface area contributed by atoms with Gasteiger partial charge in [-0.25, -0.2) is 4.79 Å². The lowest BCUT2D eigenvalue weighted by Crippen LogP contribution is -2.34. The van der Waals surface area contributed by atoms with Gasteiger partial charge in [0.25, 0.3) is 0 Å². The predicted molar refractivity (Wildman–Crippen MR) is 71.4 cm³/mol. The molecule has 0 spiro atoms. The summed E-state index contributed by atoms with van der Waals surface area (Å²) in [5, 5.41) is 12.9. The minimum absolute atomic E-state index is 0.0852. The molecule has 17 heavy (non-hydrogen) atoms. The maximum atomic E-state index is 11.0. The number of nitrogens with one attached hydrogen (secondary N) is 1. The topological polar surface area (TPSA) is 49.3 Å². The summed E-state index contributed by atoms with van der Waals surface area (Å²) in [5.41, 5.74) is 0.460. The van der Waals surface area contributed by atoms with E-state index in [2.05, 4.69) is 5.32 Å². The van der Waals surface area contributed by atoms with Gasteiger partial charge < -0.3 is 10.4 Å². The molecule has 0 bridgehead atoms. The molecule has 1 unspecified atom stereocenters. The van der Waals surface area contributed by atoms with Gasteiger partial charge in [0.05, 0.1) is 20.8 Å². The lowest BCUT2D eigenvalue weighted by molar-refractivity contribution is -0.138. The molecular formula is C11H12Cl3NO2. The Hall–Kier alpha value is -0.640. The van der Waals surface area contributed by atoms with Gasteiger partial charge in [-0.15, -0.1) is 0 Å². The van der Waals surface area contributed by atoms with Crippen LogP contribution >= 0.6 is 34.8 Å². The highest BCUT2D eigenvalue weighted by atomic mass is 35.5. The zero-order valence-corrected chi connectivity index (χ0v) is 11.6. The smallest absolute Gasteiger partial charge is 0.326 e. The number of halogens is 3. The molecule has 0 aliphatic heterocycles. The average molecular weight is 297 g/mol. The lowest BCUT2D eigenvalue weighted by atomic mass is 10.0. The number of hydrogen-bond acceptors (Lipinski definition) is 2. The summed E-state index contributed by atoms with van der Waals surface area (Å²) >= 11 is 17.6. The minimum Gasteiger partial charge on any atom is -0.480 e. The first-order valence-electron chi connectivity index (χ1n) is 4.96. The first-order valence-corrected chi connectivity index (χ1v) is 6.10. The number of carboxylic acid groups (broad SMARTS) is 1. The molecule has 0 amide bonds. The second-order valence-electron chi connectivity index (χ2n) is 3.95. The number of benzene rings is 1. The van der Waals surface area contributed by atoms with Gasteiger partial charge in [0.2, 0.25) is 0 Å². The molecule has 1 rings (SSSR count). The van der Waals surface area contributed by atoms with Crippen LogP contribution in [0.5, 0.6) is 0 Å². The second-order valence-corrected chi connectivity index (χ2v) is 5.17. The van der Waals surface area contributed by atoms with E-state index in [0.29, 0.717) is 20.8 Å². The number of hydrogen-bond donors (Lipinski definition) is 2. The molecule has 0 radical (unpaired) electrons. The van der Waals surface area contributed by atoms with Gasteiger partial charge in [0.15, 0.2) is 0 Å². The quantitative estimate of drug-likeness (QED) is 0.820. The standard InChI is InChI=1S/C11H12Cl3NO2/c1-5(2)10(11(16)17)15-9-4-7(13)6(12)3-8(9)14/h3-5,10,15H,1-2H3,(H,16,17). The number of aliphatic carboxylic acids is 1. The van der Waals surface area contributed by atoms with E-state index in [1.165, 1.54) is 12.1 Å². The van der Waals surface area contributed by atoms with Crippen LogP contribution in [0.25, 0.3) is 0 Å². The molecule has 0 fully saturated rings. The number of carboxylic acids is 1. The van der Waals surface area contributed by atoms with Crippen molar-refractivity contribution >= 4 is 46.5 Å². The van der Waals surface area contributed by atoms with Gasteiger partial charge in [-0.3, -0.25) is 0 Å². The predicted octanol–water partition coefficient (Wildman–Crippen LogP) is 4.17. The van der Waals surface area contributed by atoms with E-state index in [-0.39, 0.29) is 5.92 Å². The summed E-state index contributed by atoms with van der Waals surface area (Å²) in [6.07, 6.45) is 0. The first-order chi connectivity index (χ1) is 7.82. The van der Waals surface area contributed by atoms with Crippen LogP contribution in [-0.4, -0.2) is 17.1 Å². The third kappa shape index (κ3) is 3.66. The van der Waals surface area contributed by atoms with Crippen LogP contribution in [0.3, 0.4) is 0 Å². The summed E-state index contributed by atoms with van der Waals surface area (Å²) in [6, 6.07) is 2.27. The summed E-state index contributed by atoms with van der Waals surface area (Å²) in [7, 11) is 0. The monoisotopic (exact) mass is 295 g/mol. The fourth-order valence-corrected chi connectivity index (χ4v) is 1.92.